The molecule has 5 nitrogen and oxygen atoms in total. The Morgan fingerprint density at radius 2 is 1.75 bits per heavy atom. The topological polar surface area (TPSA) is 75.4 Å². The standard InChI is InChI=1S/C15H23N3O2/c1-18(2)15(20)12-7-9-13(10-8-12)17-14(19)6-4-3-5-11-16/h7-10H,3-6,11,16H2,1-2H3,(H,17,19). The van der Waals surface area contributed by atoms with Crippen molar-refractivity contribution < 1.29 is 9.59 Å². The van der Waals surface area contributed by atoms with Crippen LogP contribution < -0.4 is 11.1 Å². The number of hydrogen-bond acceptors (Lipinski definition) is 3. The molecular weight excluding hydrogens is 254 g/mol. The maximum absolute atomic E-state index is 11.7. The highest BCUT2D eigenvalue weighted by molar-refractivity contribution is 5.95. The third kappa shape index (κ3) is 5.40. The van der Waals surface area contributed by atoms with Gasteiger partial charge in [0.2, 0.25) is 5.91 Å². The molecule has 20 heavy (non-hydrogen) atoms. The van der Waals surface area contributed by atoms with E-state index in [1.807, 2.05) is 0 Å². The Bertz CT molecular complexity index is 441. The van der Waals surface area contributed by atoms with E-state index in [1.165, 1.54) is 4.90 Å². The van der Waals surface area contributed by atoms with Gasteiger partial charge in [0.25, 0.3) is 5.91 Å². The first kappa shape index (κ1) is 16.2. The van der Waals surface area contributed by atoms with E-state index in [0.29, 0.717) is 24.2 Å². The van der Waals surface area contributed by atoms with E-state index < -0.39 is 0 Å². The zero-order chi connectivity index (χ0) is 15.0. The molecule has 0 aliphatic heterocycles. The van der Waals surface area contributed by atoms with Crippen molar-refractivity contribution in [3.8, 4) is 0 Å². The van der Waals surface area contributed by atoms with Gasteiger partial charge < -0.3 is 16.0 Å². The monoisotopic (exact) mass is 277 g/mol. The lowest BCUT2D eigenvalue weighted by Crippen LogP contribution is -2.21. The second-order valence-corrected chi connectivity index (χ2v) is 4.92. The lowest BCUT2D eigenvalue weighted by atomic mass is 10.1. The number of unbranched alkanes of at least 4 members (excludes halogenated alkanes) is 2. The fourth-order valence-corrected chi connectivity index (χ4v) is 1.78. The summed E-state index contributed by atoms with van der Waals surface area (Å²) in [5.74, 6) is -0.0571. The van der Waals surface area contributed by atoms with Gasteiger partial charge >= 0.3 is 0 Å². The molecule has 110 valence electrons. The van der Waals surface area contributed by atoms with Crippen LogP contribution in [-0.2, 0) is 4.79 Å². The number of carbonyl (C=O) groups excluding carboxylic acids is 2. The number of benzene rings is 1. The van der Waals surface area contributed by atoms with Crippen molar-refractivity contribution in [1.29, 1.82) is 0 Å². The van der Waals surface area contributed by atoms with E-state index in [2.05, 4.69) is 5.32 Å². The van der Waals surface area contributed by atoms with Crippen LogP contribution >= 0.6 is 0 Å². The van der Waals surface area contributed by atoms with Crippen LogP contribution in [0.2, 0.25) is 0 Å². The second kappa shape index (κ2) is 8.32. The lowest BCUT2D eigenvalue weighted by molar-refractivity contribution is -0.116. The highest BCUT2D eigenvalue weighted by Crippen LogP contribution is 2.11. The molecule has 0 heterocycles. The molecule has 1 aromatic carbocycles. The van der Waals surface area contributed by atoms with Crippen LogP contribution in [0.1, 0.15) is 36.0 Å². The minimum Gasteiger partial charge on any atom is -0.345 e. The first-order valence-corrected chi connectivity index (χ1v) is 6.86. The van der Waals surface area contributed by atoms with E-state index in [-0.39, 0.29) is 11.8 Å². The molecule has 0 spiro atoms. The Morgan fingerprint density at radius 3 is 2.30 bits per heavy atom. The average Bonchev–Trinajstić information content (AvgIpc) is 2.43. The molecule has 1 rings (SSSR count). The van der Waals surface area contributed by atoms with Crippen molar-refractivity contribution in [3.05, 3.63) is 29.8 Å². The smallest absolute Gasteiger partial charge is 0.253 e. The van der Waals surface area contributed by atoms with Crippen LogP contribution in [0.15, 0.2) is 24.3 Å². The average molecular weight is 277 g/mol. The predicted octanol–water partition coefficient (Wildman–Crippen LogP) is 1.85. The fourth-order valence-electron chi connectivity index (χ4n) is 1.78. The number of anilines is 1. The Labute approximate surface area is 120 Å². The van der Waals surface area contributed by atoms with Crippen LogP contribution in [0.25, 0.3) is 0 Å². The summed E-state index contributed by atoms with van der Waals surface area (Å²) in [6.07, 6.45) is 3.27. The van der Waals surface area contributed by atoms with Gasteiger partial charge in [-0.25, -0.2) is 0 Å². The van der Waals surface area contributed by atoms with Crippen LogP contribution in [0, 0.1) is 0 Å². The van der Waals surface area contributed by atoms with Crippen molar-refractivity contribution in [2.75, 3.05) is 26.0 Å². The number of hydrogen-bond donors (Lipinski definition) is 2. The third-order valence-corrected chi connectivity index (χ3v) is 2.93. The van der Waals surface area contributed by atoms with Gasteiger partial charge in [-0.05, 0) is 43.7 Å². The predicted molar refractivity (Wildman–Crippen MR) is 80.6 cm³/mol. The molecule has 0 unspecified atom stereocenters. The minimum absolute atomic E-state index is 0.00583. The Kier molecular flexibility index (Phi) is 6.73. The molecule has 0 radical (unpaired) electrons. The zero-order valence-corrected chi connectivity index (χ0v) is 12.2. The Hall–Kier alpha value is -1.88. The highest BCUT2D eigenvalue weighted by atomic mass is 16.2. The van der Waals surface area contributed by atoms with Crippen LogP contribution in [0.5, 0.6) is 0 Å². The van der Waals surface area contributed by atoms with Gasteiger partial charge in [-0.15, -0.1) is 0 Å². The number of nitrogens with two attached hydrogens (primary N) is 1. The van der Waals surface area contributed by atoms with E-state index in [0.717, 1.165) is 19.3 Å². The molecule has 5 heteroatoms. The van der Waals surface area contributed by atoms with Crippen molar-refractivity contribution in [2.45, 2.75) is 25.7 Å². The Balaban J connectivity index is 2.45. The number of carbonyl (C=O) groups is 2. The van der Waals surface area contributed by atoms with Crippen molar-refractivity contribution >= 4 is 17.5 Å². The molecule has 0 aliphatic rings. The molecule has 0 saturated carbocycles. The summed E-state index contributed by atoms with van der Waals surface area (Å²) in [6, 6.07) is 6.92. The van der Waals surface area contributed by atoms with E-state index in [1.54, 1.807) is 38.4 Å². The molecule has 1 aromatic rings. The van der Waals surface area contributed by atoms with E-state index >= 15 is 0 Å². The molecule has 0 saturated heterocycles. The lowest BCUT2D eigenvalue weighted by Gasteiger charge is -2.11. The molecule has 0 aromatic heterocycles. The molecule has 0 atom stereocenters. The fraction of sp³-hybridized carbons (Fsp3) is 0.467. The number of nitrogens with zero attached hydrogens (tertiary/aromatic N) is 1. The van der Waals surface area contributed by atoms with E-state index in [4.69, 9.17) is 5.73 Å². The third-order valence-electron chi connectivity index (χ3n) is 2.93. The maximum atomic E-state index is 11.7. The SMILES string of the molecule is CN(C)C(=O)c1ccc(NC(=O)CCCCCN)cc1. The van der Waals surface area contributed by atoms with Gasteiger partial charge in [0.05, 0.1) is 0 Å². The molecule has 3 N–H and O–H groups in total. The van der Waals surface area contributed by atoms with Gasteiger partial charge in [-0.2, -0.15) is 0 Å². The Morgan fingerprint density at radius 1 is 1.10 bits per heavy atom. The number of amides is 2. The first-order valence-electron chi connectivity index (χ1n) is 6.86. The summed E-state index contributed by atoms with van der Waals surface area (Å²) in [7, 11) is 3.42. The summed E-state index contributed by atoms with van der Waals surface area (Å²) in [5, 5.41) is 2.82. The first-order chi connectivity index (χ1) is 9.54. The van der Waals surface area contributed by atoms with Gasteiger partial charge in [0, 0.05) is 31.8 Å². The molecule has 0 aliphatic carbocycles. The minimum atomic E-state index is -0.0512. The molecule has 0 fully saturated rings. The summed E-state index contributed by atoms with van der Waals surface area (Å²) < 4.78 is 0. The van der Waals surface area contributed by atoms with Crippen molar-refractivity contribution in [1.82, 2.24) is 4.90 Å². The summed E-state index contributed by atoms with van der Waals surface area (Å²) >= 11 is 0. The van der Waals surface area contributed by atoms with Gasteiger partial charge in [0.1, 0.15) is 0 Å². The second-order valence-electron chi connectivity index (χ2n) is 4.92. The summed E-state index contributed by atoms with van der Waals surface area (Å²) in [6.45, 7) is 0.670. The molecular formula is C15H23N3O2. The normalized spacial score (nSPS) is 10.2. The van der Waals surface area contributed by atoms with Gasteiger partial charge in [-0.3, -0.25) is 9.59 Å². The van der Waals surface area contributed by atoms with Gasteiger partial charge in [0.15, 0.2) is 0 Å². The zero-order valence-electron chi connectivity index (χ0n) is 12.2. The van der Waals surface area contributed by atoms with Crippen molar-refractivity contribution in [2.24, 2.45) is 5.73 Å². The number of rotatable bonds is 7. The van der Waals surface area contributed by atoms with E-state index in [9.17, 15) is 9.59 Å². The molecule has 0 bridgehead atoms. The summed E-state index contributed by atoms with van der Waals surface area (Å²) in [4.78, 5) is 24.9. The highest BCUT2D eigenvalue weighted by Gasteiger charge is 2.08. The van der Waals surface area contributed by atoms with Crippen LogP contribution in [0.4, 0.5) is 5.69 Å². The quantitative estimate of drug-likeness (QED) is 0.747. The van der Waals surface area contributed by atoms with Crippen LogP contribution in [-0.4, -0.2) is 37.4 Å². The maximum Gasteiger partial charge on any atom is 0.253 e. The summed E-state index contributed by atoms with van der Waals surface area (Å²) in [5.41, 5.74) is 6.72. The van der Waals surface area contributed by atoms with Crippen molar-refractivity contribution in [3.63, 3.8) is 0 Å². The van der Waals surface area contributed by atoms with Crippen LogP contribution in [0.3, 0.4) is 0 Å². The number of nitrogens with one attached hydrogen (secondary N) is 1. The molecule has 2 amide bonds. The van der Waals surface area contributed by atoms with Gasteiger partial charge in [-0.1, -0.05) is 6.42 Å². The largest absolute Gasteiger partial charge is 0.345 e.